The molecule has 3 rings (SSSR count). The molecule has 26 heavy (non-hydrogen) atoms. The number of rotatable bonds is 3. The molecule has 2 atom stereocenters. The highest BCUT2D eigenvalue weighted by Crippen LogP contribution is 2.51. The van der Waals surface area contributed by atoms with Crippen LogP contribution in [-0.4, -0.2) is 32.1 Å². The molecule has 2 aromatic rings. The number of carbonyl (C=O) groups is 3. The van der Waals surface area contributed by atoms with E-state index in [1.54, 1.807) is 19.9 Å². The summed E-state index contributed by atoms with van der Waals surface area (Å²) in [5.41, 5.74) is -0.528. The Balaban J connectivity index is 2.35. The van der Waals surface area contributed by atoms with Crippen molar-refractivity contribution in [1.29, 1.82) is 0 Å². The standard InChI is InChI=1S/C20H20O6/c1-20(2,19(23)25-4)16-14-12-8-6-5-7-11(12)9-10-13(14)26-18(22)15(16)17(21)24-3/h5-10,15-16H,1-4H3/t15-,16+/m0/s1. The smallest absolute Gasteiger partial charge is 0.326 e. The van der Waals surface area contributed by atoms with Crippen molar-refractivity contribution in [1.82, 2.24) is 0 Å². The molecule has 1 aliphatic heterocycles. The van der Waals surface area contributed by atoms with E-state index in [-0.39, 0.29) is 0 Å². The molecule has 0 bridgehead atoms. The van der Waals surface area contributed by atoms with Crippen LogP contribution in [0, 0.1) is 11.3 Å². The van der Waals surface area contributed by atoms with Crippen molar-refractivity contribution in [3.63, 3.8) is 0 Å². The molecule has 0 saturated carbocycles. The predicted octanol–water partition coefficient (Wildman–Crippen LogP) is 2.83. The van der Waals surface area contributed by atoms with Gasteiger partial charge in [0.15, 0.2) is 5.92 Å². The lowest BCUT2D eigenvalue weighted by Crippen LogP contribution is -2.46. The molecule has 2 aromatic carbocycles. The quantitative estimate of drug-likeness (QED) is 0.478. The summed E-state index contributed by atoms with van der Waals surface area (Å²) in [7, 11) is 2.48. The molecular formula is C20H20O6. The first-order chi connectivity index (χ1) is 12.3. The maximum atomic E-state index is 12.6. The van der Waals surface area contributed by atoms with Crippen LogP contribution in [0.4, 0.5) is 0 Å². The Morgan fingerprint density at radius 3 is 2.38 bits per heavy atom. The third-order valence-electron chi connectivity index (χ3n) is 4.98. The van der Waals surface area contributed by atoms with E-state index in [0.29, 0.717) is 11.3 Å². The highest BCUT2D eigenvalue weighted by molar-refractivity contribution is 6.02. The fourth-order valence-corrected chi connectivity index (χ4v) is 3.69. The topological polar surface area (TPSA) is 78.9 Å². The molecule has 136 valence electrons. The van der Waals surface area contributed by atoms with Crippen LogP contribution >= 0.6 is 0 Å². The molecule has 0 aromatic heterocycles. The molecule has 0 saturated heterocycles. The summed E-state index contributed by atoms with van der Waals surface area (Å²) in [6.07, 6.45) is 0. The Morgan fingerprint density at radius 2 is 1.73 bits per heavy atom. The molecule has 0 aliphatic carbocycles. The van der Waals surface area contributed by atoms with Crippen molar-refractivity contribution >= 4 is 28.7 Å². The van der Waals surface area contributed by atoms with Gasteiger partial charge in [-0.1, -0.05) is 30.3 Å². The molecule has 0 fully saturated rings. The fraction of sp³-hybridized carbons (Fsp3) is 0.350. The number of methoxy groups -OCH3 is 2. The Bertz CT molecular complexity index is 898. The maximum Gasteiger partial charge on any atom is 0.326 e. The van der Waals surface area contributed by atoms with Crippen molar-refractivity contribution in [2.45, 2.75) is 19.8 Å². The minimum Gasteiger partial charge on any atom is -0.469 e. The van der Waals surface area contributed by atoms with Crippen molar-refractivity contribution in [3.8, 4) is 5.75 Å². The second-order valence-corrected chi connectivity index (χ2v) is 6.81. The van der Waals surface area contributed by atoms with Crippen molar-refractivity contribution in [2.24, 2.45) is 11.3 Å². The van der Waals surface area contributed by atoms with Crippen LogP contribution in [-0.2, 0) is 23.9 Å². The van der Waals surface area contributed by atoms with Gasteiger partial charge >= 0.3 is 17.9 Å². The minimum atomic E-state index is -1.26. The predicted molar refractivity (Wildman–Crippen MR) is 93.6 cm³/mol. The van der Waals surface area contributed by atoms with E-state index in [9.17, 15) is 14.4 Å². The number of hydrogen-bond donors (Lipinski definition) is 0. The van der Waals surface area contributed by atoms with Gasteiger partial charge in [0.25, 0.3) is 0 Å². The average Bonchev–Trinajstić information content (AvgIpc) is 2.65. The van der Waals surface area contributed by atoms with Gasteiger partial charge in [0.2, 0.25) is 0 Å². The Labute approximate surface area is 151 Å². The van der Waals surface area contributed by atoms with Gasteiger partial charge in [0, 0.05) is 11.5 Å². The lowest BCUT2D eigenvalue weighted by Gasteiger charge is -2.39. The van der Waals surface area contributed by atoms with Gasteiger partial charge in [-0.15, -0.1) is 0 Å². The van der Waals surface area contributed by atoms with Crippen LogP contribution in [0.3, 0.4) is 0 Å². The summed E-state index contributed by atoms with van der Waals surface area (Å²) >= 11 is 0. The first kappa shape index (κ1) is 17.9. The molecule has 6 heteroatoms. The Kier molecular flexibility index (Phi) is 4.44. The van der Waals surface area contributed by atoms with Crippen LogP contribution < -0.4 is 4.74 Å². The van der Waals surface area contributed by atoms with E-state index >= 15 is 0 Å². The number of hydrogen-bond acceptors (Lipinski definition) is 6. The van der Waals surface area contributed by atoms with Gasteiger partial charge in [-0.2, -0.15) is 0 Å². The normalized spacial score (nSPS) is 19.5. The molecule has 6 nitrogen and oxygen atoms in total. The van der Waals surface area contributed by atoms with E-state index in [1.807, 2.05) is 30.3 Å². The number of benzene rings is 2. The molecule has 1 aliphatic rings. The SMILES string of the molecule is COC(=O)[C@H]1C(=O)Oc2ccc3ccccc3c2[C@H]1C(C)(C)C(=O)OC. The highest BCUT2D eigenvalue weighted by Gasteiger charge is 2.54. The third kappa shape index (κ3) is 2.62. The summed E-state index contributed by atoms with van der Waals surface area (Å²) in [6.45, 7) is 3.31. The molecule has 0 radical (unpaired) electrons. The van der Waals surface area contributed by atoms with Crippen molar-refractivity contribution < 1.29 is 28.6 Å². The zero-order valence-electron chi connectivity index (χ0n) is 15.1. The molecular weight excluding hydrogens is 336 g/mol. The van der Waals surface area contributed by atoms with Crippen LogP contribution in [0.1, 0.15) is 25.3 Å². The van der Waals surface area contributed by atoms with E-state index in [1.165, 1.54) is 14.2 Å². The summed E-state index contributed by atoms with van der Waals surface area (Å²) in [5, 5.41) is 1.73. The second kappa shape index (κ2) is 6.44. The third-order valence-corrected chi connectivity index (χ3v) is 4.98. The molecule has 0 amide bonds. The minimum absolute atomic E-state index is 0.343. The average molecular weight is 356 g/mol. The van der Waals surface area contributed by atoms with Gasteiger partial charge in [-0.05, 0) is 30.7 Å². The van der Waals surface area contributed by atoms with Gasteiger partial charge in [-0.3, -0.25) is 14.4 Å². The van der Waals surface area contributed by atoms with Gasteiger partial charge in [0.05, 0.1) is 19.6 Å². The number of fused-ring (bicyclic) bond motifs is 3. The van der Waals surface area contributed by atoms with Crippen LogP contribution in [0.2, 0.25) is 0 Å². The van der Waals surface area contributed by atoms with Crippen molar-refractivity contribution in [2.75, 3.05) is 14.2 Å². The number of esters is 3. The first-order valence-corrected chi connectivity index (χ1v) is 8.22. The van der Waals surface area contributed by atoms with E-state index < -0.39 is 35.2 Å². The second-order valence-electron chi connectivity index (χ2n) is 6.81. The Morgan fingerprint density at radius 1 is 1.04 bits per heavy atom. The lowest BCUT2D eigenvalue weighted by molar-refractivity contribution is -0.163. The number of carbonyl (C=O) groups excluding carboxylic acids is 3. The zero-order chi connectivity index (χ0) is 19.1. The maximum absolute atomic E-state index is 12.6. The first-order valence-electron chi connectivity index (χ1n) is 8.22. The molecule has 0 unspecified atom stereocenters. The van der Waals surface area contributed by atoms with Crippen molar-refractivity contribution in [3.05, 3.63) is 42.0 Å². The Hall–Kier alpha value is -2.89. The molecule has 1 heterocycles. The molecule has 0 N–H and O–H groups in total. The van der Waals surface area contributed by atoms with Gasteiger partial charge < -0.3 is 14.2 Å². The monoisotopic (exact) mass is 356 g/mol. The van der Waals surface area contributed by atoms with Crippen LogP contribution in [0.15, 0.2) is 36.4 Å². The zero-order valence-corrected chi connectivity index (χ0v) is 15.1. The van der Waals surface area contributed by atoms with E-state index in [0.717, 1.165) is 10.8 Å². The lowest BCUT2D eigenvalue weighted by atomic mass is 9.66. The molecule has 0 spiro atoms. The van der Waals surface area contributed by atoms with Crippen LogP contribution in [0.5, 0.6) is 5.75 Å². The van der Waals surface area contributed by atoms with Gasteiger partial charge in [-0.25, -0.2) is 0 Å². The summed E-state index contributed by atoms with van der Waals surface area (Å²) < 4.78 is 15.2. The summed E-state index contributed by atoms with van der Waals surface area (Å²) in [6, 6.07) is 11.1. The fourth-order valence-electron chi connectivity index (χ4n) is 3.69. The largest absolute Gasteiger partial charge is 0.469 e. The van der Waals surface area contributed by atoms with Gasteiger partial charge in [0.1, 0.15) is 5.75 Å². The summed E-state index contributed by atoms with van der Waals surface area (Å²) in [5.74, 6) is -3.70. The highest BCUT2D eigenvalue weighted by atomic mass is 16.6. The van der Waals surface area contributed by atoms with E-state index in [2.05, 4.69) is 0 Å². The summed E-state index contributed by atoms with van der Waals surface area (Å²) in [4.78, 5) is 37.5. The van der Waals surface area contributed by atoms with Crippen LogP contribution in [0.25, 0.3) is 10.8 Å². The number of ether oxygens (including phenoxy) is 3. The van der Waals surface area contributed by atoms with E-state index in [4.69, 9.17) is 14.2 Å².